The van der Waals surface area contributed by atoms with E-state index in [4.69, 9.17) is 5.73 Å². The highest BCUT2D eigenvalue weighted by molar-refractivity contribution is 9.10. The van der Waals surface area contributed by atoms with Crippen molar-refractivity contribution in [1.29, 1.82) is 0 Å². The first-order valence-electron chi connectivity index (χ1n) is 5.66. The molecule has 106 valence electrons. The average Bonchev–Trinajstić information content (AvgIpc) is 2.38. The summed E-state index contributed by atoms with van der Waals surface area (Å²) in [4.78, 5) is 0. The predicted molar refractivity (Wildman–Crippen MR) is 71.6 cm³/mol. The van der Waals surface area contributed by atoms with Crippen LogP contribution in [-0.4, -0.2) is 0 Å². The highest BCUT2D eigenvalue weighted by Gasteiger charge is 2.31. The fourth-order valence-corrected chi connectivity index (χ4v) is 2.30. The molecule has 0 heterocycles. The lowest BCUT2D eigenvalue weighted by atomic mass is 9.98. The number of alkyl halides is 3. The Morgan fingerprint density at radius 2 is 1.60 bits per heavy atom. The van der Waals surface area contributed by atoms with E-state index in [2.05, 4.69) is 15.9 Å². The van der Waals surface area contributed by atoms with E-state index in [1.165, 1.54) is 30.3 Å². The Labute approximate surface area is 121 Å². The van der Waals surface area contributed by atoms with Gasteiger partial charge in [0.05, 0.1) is 11.6 Å². The van der Waals surface area contributed by atoms with Gasteiger partial charge in [0.25, 0.3) is 0 Å². The summed E-state index contributed by atoms with van der Waals surface area (Å²) in [6.45, 7) is 0. The Balaban J connectivity index is 2.43. The molecule has 2 aromatic rings. The van der Waals surface area contributed by atoms with Crippen molar-refractivity contribution in [2.45, 2.75) is 12.2 Å². The van der Waals surface area contributed by atoms with E-state index in [1.807, 2.05) is 0 Å². The van der Waals surface area contributed by atoms with Crippen LogP contribution in [0.5, 0.6) is 0 Å². The molecule has 20 heavy (non-hydrogen) atoms. The summed E-state index contributed by atoms with van der Waals surface area (Å²) >= 11 is 3.19. The van der Waals surface area contributed by atoms with Crippen molar-refractivity contribution in [2.75, 3.05) is 0 Å². The van der Waals surface area contributed by atoms with Crippen molar-refractivity contribution in [3.8, 4) is 0 Å². The van der Waals surface area contributed by atoms with Crippen LogP contribution < -0.4 is 5.73 Å². The van der Waals surface area contributed by atoms with Gasteiger partial charge in [-0.05, 0) is 41.5 Å². The molecule has 0 saturated carbocycles. The molecular weight excluding hydrogens is 338 g/mol. The first kappa shape index (κ1) is 15.0. The maximum atomic E-state index is 12.9. The van der Waals surface area contributed by atoms with Gasteiger partial charge in [0.15, 0.2) is 0 Å². The summed E-state index contributed by atoms with van der Waals surface area (Å²) in [5.74, 6) is -0.427. The van der Waals surface area contributed by atoms with Gasteiger partial charge in [0, 0.05) is 4.47 Å². The fourth-order valence-electron chi connectivity index (χ4n) is 1.81. The van der Waals surface area contributed by atoms with Crippen LogP contribution in [0.2, 0.25) is 0 Å². The number of rotatable bonds is 2. The molecule has 6 heteroatoms. The maximum Gasteiger partial charge on any atom is 0.416 e. The Morgan fingerprint density at radius 3 is 2.15 bits per heavy atom. The third kappa shape index (κ3) is 3.19. The second-order valence-corrected chi connectivity index (χ2v) is 5.12. The van der Waals surface area contributed by atoms with Gasteiger partial charge in [0.2, 0.25) is 0 Å². The van der Waals surface area contributed by atoms with E-state index >= 15 is 0 Å². The van der Waals surface area contributed by atoms with Crippen molar-refractivity contribution >= 4 is 15.9 Å². The maximum absolute atomic E-state index is 12.9. The monoisotopic (exact) mass is 347 g/mol. The Hall–Kier alpha value is -1.40. The third-order valence-electron chi connectivity index (χ3n) is 2.89. The van der Waals surface area contributed by atoms with Gasteiger partial charge in [-0.2, -0.15) is 13.2 Å². The van der Waals surface area contributed by atoms with Gasteiger partial charge in [-0.1, -0.05) is 28.1 Å². The molecule has 0 aliphatic heterocycles. The van der Waals surface area contributed by atoms with Crippen LogP contribution in [0.1, 0.15) is 22.7 Å². The topological polar surface area (TPSA) is 26.0 Å². The molecule has 0 aliphatic rings. The van der Waals surface area contributed by atoms with Crippen LogP contribution in [0.3, 0.4) is 0 Å². The normalized spacial score (nSPS) is 13.3. The summed E-state index contributed by atoms with van der Waals surface area (Å²) in [7, 11) is 0. The van der Waals surface area contributed by atoms with Crippen LogP contribution in [0.25, 0.3) is 0 Å². The van der Waals surface area contributed by atoms with Crippen LogP contribution in [0.4, 0.5) is 17.6 Å². The molecule has 0 radical (unpaired) electrons. The number of nitrogens with two attached hydrogens (primary N) is 1. The average molecular weight is 348 g/mol. The lowest BCUT2D eigenvalue weighted by Gasteiger charge is -2.17. The molecule has 2 rings (SSSR count). The molecule has 1 atom stereocenters. The first-order chi connectivity index (χ1) is 9.29. The lowest BCUT2D eigenvalue weighted by molar-refractivity contribution is -0.137. The minimum atomic E-state index is -4.43. The number of hydrogen-bond donors (Lipinski definition) is 1. The highest BCUT2D eigenvalue weighted by Crippen LogP contribution is 2.34. The minimum absolute atomic E-state index is 0.298. The number of halogens is 5. The number of hydrogen-bond acceptors (Lipinski definition) is 1. The van der Waals surface area contributed by atoms with E-state index in [0.29, 0.717) is 15.6 Å². The second-order valence-electron chi connectivity index (χ2n) is 4.26. The van der Waals surface area contributed by atoms with E-state index < -0.39 is 23.6 Å². The van der Waals surface area contributed by atoms with Crippen molar-refractivity contribution in [2.24, 2.45) is 5.73 Å². The Kier molecular flexibility index (Phi) is 4.15. The van der Waals surface area contributed by atoms with Crippen LogP contribution >= 0.6 is 15.9 Å². The van der Waals surface area contributed by atoms with Crippen molar-refractivity contribution in [3.05, 3.63) is 69.4 Å². The molecule has 2 N–H and O–H groups in total. The quantitative estimate of drug-likeness (QED) is 0.786. The molecule has 1 nitrogen and oxygen atoms in total. The van der Waals surface area contributed by atoms with E-state index in [9.17, 15) is 17.6 Å². The van der Waals surface area contributed by atoms with E-state index in [-0.39, 0.29) is 0 Å². The standard InChI is InChI=1S/C14H10BrF4N/c15-12-6-3-9(14(17,18)19)7-11(12)13(20)8-1-4-10(16)5-2-8/h1-7,13H,20H2. The zero-order valence-corrected chi connectivity index (χ0v) is 11.7. The molecule has 0 aliphatic carbocycles. The molecule has 0 saturated heterocycles. The van der Waals surface area contributed by atoms with Gasteiger partial charge in [-0.25, -0.2) is 4.39 Å². The smallest absolute Gasteiger partial charge is 0.320 e. The van der Waals surface area contributed by atoms with Gasteiger partial charge < -0.3 is 5.73 Å². The van der Waals surface area contributed by atoms with E-state index in [1.54, 1.807) is 0 Å². The first-order valence-corrected chi connectivity index (χ1v) is 6.46. The van der Waals surface area contributed by atoms with Crippen LogP contribution in [0.15, 0.2) is 46.9 Å². The molecule has 0 fully saturated rings. The molecule has 0 aromatic heterocycles. The van der Waals surface area contributed by atoms with Gasteiger partial charge in [-0.15, -0.1) is 0 Å². The zero-order chi connectivity index (χ0) is 14.9. The Morgan fingerprint density at radius 1 is 1.00 bits per heavy atom. The van der Waals surface area contributed by atoms with Gasteiger partial charge in [0.1, 0.15) is 5.82 Å². The SMILES string of the molecule is NC(c1ccc(F)cc1)c1cc(C(F)(F)F)ccc1Br. The lowest BCUT2D eigenvalue weighted by Crippen LogP contribution is -2.14. The molecule has 0 spiro atoms. The zero-order valence-electron chi connectivity index (χ0n) is 10.1. The summed E-state index contributed by atoms with van der Waals surface area (Å²) in [5, 5.41) is 0. The van der Waals surface area contributed by atoms with Gasteiger partial charge in [-0.3, -0.25) is 0 Å². The van der Waals surface area contributed by atoms with Crippen molar-refractivity contribution < 1.29 is 17.6 Å². The molecule has 2 aromatic carbocycles. The molecular formula is C14H10BrF4N. The highest BCUT2D eigenvalue weighted by atomic mass is 79.9. The Bertz CT molecular complexity index is 608. The number of benzene rings is 2. The van der Waals surface area contributed by atoms with Crippen LogP contribution in [-0.2, 0) is 6.18 Å². The van der Waals surface area contributed by atoms with Crippen LogP contribution in [0, 0.1) is 5.82 Å². The summed E-state index contributed by atoms with van der Waals surface area (Å²) in [5.41, 5.74) is 6.02. The van der Waals surface area contributed by atoms with Crippen molar-refractivity contribution in [3.63, 3.8) is 0 Å². The van der Waals surface area contributed by atoms with Crippen molar-refractivity contribution in [1.82, 2.24) is 0 Å². The van der Waals surface area contributed by atoms with Gasteiger partial charge >= 0.3 is 6.18 Å². The second kappa shape index (κ2) is 5.54. The largest absolute Gasteiger partial charge is 0.416 e. The molecule has 0 amide bonds. The molecule has 1 unspecified atom stereocenters. The minimum Gasteiger partial charge on any atom is -0.320 e. The predicted octanol–water partition coefficient (Wildman–Crippen LogP) is 4.66. The summed E-state index contributed by atoms with van der Waals surface area (Å²) in [6, 6.07) is 7.85. The fraction of sp³-hybridized carbons (Fsp3) is 0.143. The third-order valence-corrected chi connectivity index (χ3v) is 3.61. The summed E-state index contributed by atoms with van der Waals surface area (Å²) < 4.78 is 51.5. The van der Waals surface area contributed by atoms with E-state index in [0.717, 1.165) is 12.1 Å². The molecule has 0 bridgehead atoms. The summed E-state index contributed by atoms with van der Waals surface area (Å²) in [6.07, 6.45) is -4.43.